The number of hydrogen-bond acceptors (Lipinski definition) is 6. The quantitative estimate of drug-likeness (QED) is 0.622. The SMILES string of the molecule is O=C(O)CN(C(=O)C1CNCCO1)C1CCS(=O)(=O)C1. The Kier molecular flexibility index (Phi) is 4.61. The molecule has 0 spiro atoms. The molecule has 2 heterocycles. The van der Waals surface area contributed by atoms with Gasteiger partial charge in [0.15, 0.2) is 9.84 Å². The van der Waals surface area contributed by atoms with E-state index < -0.39 is 40.4 Å². The summed E-state index contributed by atoms with van der Waals surface area (Å²) in [7, 11) is -3.18. The lowest BCUT2D eigenvalue weighted by molar-refractivity contribution is -0.153. The summed E-state index contributed by atoms with van der Waals surface area (Å²) in [6, 6.07) is -0.575. The lowest BCUT2D eigenvalue weighted by Gasteiger charge is -2.32. The number of carbonyl (C=O) groups is 2. The van der Waals surface area contributed by atoms with Crippen LogP contribution < -0.4 is 5.32 Å². The Bertz CT molecular complexity index is 485. The monoisotopic (exact) mass is 306 g/mol. The van der Waals surface area contributed by atoms with Crippen LogP contribution in [0.3, 0.4) is 0 Å². The second kappa shape index (κ2) is 6.06. The Labute approximate surface area is 117 Å². The van der Waals surface area contributed by atoms with Gasteiger partial charge < -0.3 is 20.1 Å². The number of carboxylic acid groups (broad SMARTS) is 1. The van der Waals surface area contributed by atoms with E-state index in [1.807, 2.05) is 0 Å². The summed E-state index contributed by atoms with van der Waals surface area (Å²) in [6.45, 7) is 0.827. The summed E-state index contributed by atoms with van der Waals surface area (Å²) in [6.07, 6.45) is -0.465. The van der Waals surface area contributed by atoms with Crippen LogP contribution in [0.1, 0.15) is 6.42 Å². The zero-order chi connectivity index (χ0) is 14.8. The fourth-order valence-electron chi connectivity index (χ4n) is 2.46. The molecule has 2 rings (SSSR count). The van der Waals surface area contributed by atoms with Crippen LogP contribution >= 0.6 is 0 Å². The molecule has 0 aromatic heterocycles. The van der Waals surface area contributed by atoms with Crippen LogP contribution in [-0.4, -0.2) is 80.2 Å². The van der Waals surface area contributed by atoms with E-state index in [2.05, 4.69) is 5.32 Å². The molecule has 0 aromatic rings. The third kappa shape index (κ3) is 3.68. The highest BCUT2D eigenvalue weighted by atomic mass is 32.2. The molecule has 1 amide bonds. The Morgan fingerprint density at radius 2 is 2.15 bits per heavy atom. The van der Waals surface area contributed by atoms with Gasteiger partial charge in [-0.3, -0.25) is 9.59 Å². The van der Waals surface area contributed by atoms with Gasteiger partial charge >= 0.3 is 5.97 Å². The van der Waals surface area contributed by atoms with Crippen LogP contribution in [0.15, 0.2) is 0 Å². The van der Waals surface area contributed by atoms with E-state index in [0.29, 0.717) is 19.7 Å². The summed E-state index contributed by atoms with van der Waals surface area (Å²) >= 11 is 0. The maximum absolute atomic E-state index is 12.3. The van der Waals surface area contributed by atoms with Crippen molar-refractivity contribution in [3.05, 3.63) is 0 Å². The fraction of sp³-hybridized carbons (Fsp3) is 0.818. The molecule has 0 aromatic carbocycles. The smallest absolute Gasteiger partial charge is 0.323 e. The molecule has 0 saturated carbocycles. The molecule has 2 saturated heterocycles. The molecule has 2 unspecified atom stereocenters. The molecule has 0 radical (unpaired) electrons. The van der Waals surface area contributed by atoms with Gasteiger partial charge in [0.2, 0.25) is 0 Å². The molecular weight excluding hydrogens is 288 g/mol. The van der Waals surface area contributed by atoms with Gasteiger partial charge in [-0.25, -0.2) is 8.42 Å². The molecule has 0 bridgehead atoms. The average molecular weight is 306 g/mol. The van der Waals surface area contributed by atoms with Gasteiger partial charge in [0.25, 0.3) is 5.91 Å². The maximum atomic E-state index is 12.3. The van der Waals surface area contributed by atoms with Crippen molar-refractivity contribution in [2.24, 2.45) is 0 Å². The highest BCUT2D eigenvalue weighted by Crippen LogP contribution is 2.19. The van der Waals surface area contributed by atoms with Crippen molar-refractivity contribution < 1.29 is 27.9 Å². The summed E-state index contributed by atoms with van der Waals surface area (Å²) < 4.78 is 28.3. The van der Waals surface area contributed by atoms with E-state index in [9.17, 15) is 18.0 Å². The molecule has 20 heavy (non-hydrogen) atoms. The Hall–Kier alpha value is -1.19. The predicted molar refractivity (Wildman–Crippen MR) is 69.0 cm³/mol. The van der Waals surface area contributed by atoms with E-state index in [0.717, 1.165) is 4.90 Å². The van der Waals surface area contributed by atoms with E-state index in [1.54, 1.807) is 0 Å². The van der Waals surface area contributed by atoms with Crippen molar-refractivity contribution in [2.45, 2.75) is 18.6 Å². The van der Waals surface area contributed by atoms with E-state index in [1.165, 1.54) is 0 Å². The molecule has 2 aliphatic rings. The number of hydrogen-bond donors (Lipinski definition) is 2. The first-order valence-corrected chi connectivity index (χ1v) is 8.26. The first-order chi connectivity index (χ1) is 9.39. The van der Waals surface area contributed by atoms with Gasteiger partial charge in [-0.1, -0.05) is 0 Å². The van der Waals surface area contributed by atoms with Crippen molar-refractivity contribution in [3.63, 3.8) is 0 Å². The number of sulfone groups is 1. The second-order valence-corrected chi connectivity index (χ2v) is 7.21. The van der Waals surface area contributed by atoms with Gasteiger partial charge in [-0.05, 0) is 6.42 Å². The number of amides is 1. The highest BCUT2D eigenvalue weighted by molar-refractivity contribution is 7.91. The van der Waals surface area contributed by atoms with Gasteiger partial charge in [0.05, 0.1) is 18.1 Å². The lowest BCUT2D eigenvalue weighted by atomic mass is 10.1. The number of ether oxygens (including phenoxy) is 1. The largest absolute Gasteiger partial charge is 0.480 e. The molecule has 114 valence electrons. The molecule has 2 aliphatic heterocycles. The van der Waals surface area contributed by atoms with Crippen LogP contribution in [0.4, 0.5) is 0 Å². The summed E-state index contributed by atoms with van der Waals surface area (Å²) in [4.78, 5) is 24.4. The zero-order valence-electron chi connectivity index (χ0n) is 10.9. The number of nitrogens with one attached hydrogen (secondary N) is 1. The number of carboxylic acids is 1. The fourth-order valence-corrected chi connectivity index (χ4v) is 4.19. The number of nitrogens with zero attached hydrogens (tertiary/aromatic N) is 1. The van der Waals surface area contributed by atoms with E-state index in [-0.39, 0.29) is 17.9 Å². The van der Waals surface area contributed by atoms with Gasteiger partial charge in [0.1, 0.15) is 12.6 Å². The van der Waals surface area contributed by atoms with Crippen LogP contribution in [0.5, 0.6) is 0 Å². The predicted octanol–water partition coefficient (Wildman–Crippen LogP) is -1.92. The normalized spacial score (nSPS) is 29.0. The van der Waals surface area contributed by atoms with Gasteiger partial charge in [-0.15, -0.1) is 0 Å². The first kappa shape index (κ1) is 15.2. The van der Waals surface area contributed by atoms with Crippen molar-refractivity contribution in [3.8, 4) is 0 Å². The van der Waals surface area contributed by atoms with Crippen LogP contribution in [0.25, 0.3) is 0 Å². The summed E-state index contributed by atoms with van der Waals surface area (Å²) in [5.41, 5.74) is 0. The lowest BCUT2D eigenvalue weighted by Crippen LogP contribution is -2.53. The van der Waals surface area contributed by atoms with Crippen LogP contribution in [-0.2, 0) is 24.2 Å². The Morgan fingerprint density at radius 3 is 2.65 bits per heavy atom. The number of rotatable bonds is 4. The number of carbonyl (C=O) groups excluding carboxylic acids is 1. The van der Waals surface area contributed by atoms with E-state index >= 15 is 0 Å². The van der Waals surface area contributed by atoms with Crippen LogP contribution in [0.2, 0.25) is 0 Å². The molecule has 9 heteroatoms. The minimum atomic E-state index is -3.18. The number of morpholine rings is 1. The van der Waals surface area contributed by atoms with Crippen LogP contribution in [0, 0.1) is 0 Å². The Morgan fingerprint density at radius 1 is 1.40 bits per heavy atom. The standard InChI is InChI=1S/C11H18N2O6S/c14-10(15)6-13(8-1-4-20(17,18)7-8)11(16)9-5-12-2-3-19-9/h8-9,12H,1-7H2,(H,14,15). The van der Waals surface area contributed by atoms with Crippen molar-refractivity contribution in [2.75, 3.05) is 37.7 Å². The minimum Gasteiger partial charge on any atom is -0.480 e. The molecule has 0 aliphatic carbocycles. The molecule has 2 atom stereocenters. The third-order valence-corrected chi connectivity index (χ3v) is 5.19. The van der Waals surface area contributed by atoms with Crippen molar-refractivity contribution >= 4 is 21.7 Å². The van der Waals surface area contributed by atoms with Gasteiger partial charge in [-0.2, -0.15) is 0 Å². The highest BCUT2D eigenvalue weighted by Gasteiger charge is 2.38. The molecule has 8 nitrogen and oxygen atoms in total. The molecule has 2 N–H and O–H groups in total. The zero-order valence-corrected chi connectivity index (χ0v) is 11.8. The molecule has 2 fully saturated rings. The first-order valence-electron chi connectivity index (χ1n) is 6.44. The van der Waals surface area contributed by atoms with Crippen molar-refractivity contribution in [1.29, 1.82) is 0 Å². The second-order valence-electron chi connectivity index (χ2n) is 4.98. The van der Waals surface area contributed by atoms with Gasteiger partial charge in [0, 0.05) is 19.1 Å². The maximum Gasteiger partial charge on any atom is 0.323 e. The molecular formula is C11H18N2O6S. The number of aliphatic carboxylic acids is 1. The Balaban J connectivity index is 2.10. The third-order valence-electron chi connectivity index (χ3n) is 3.44. The van der Waals surface area contributed by atoms with Crippen molar-refractivity contribution in [1.82, 2.24) is 10.2 Å². The summed E-state index contributed by atoms with van der Waals surface area (Å²) in [5.74, 6) is -1.80. The van der Waals surface area contributed by atoms with E-state index in [4.69, 9.17) is 9.84 Å². The average Bonchev–Trinajstić information content (AvgIpc) is 2.76. The topological polar surface area (TPSA) is 113 Å². The summed E-state index contributed by atoms with van der Waals surface area (Å²) in [5, 5.41) is 11.9. The minimum absolute atomic E-state index is 0.00909.